The lowest BCUT2D eigenvalue weighted by Gasteiger charge is -2.35. The lowest BCUT2D eigenvalue weighted by molar-refractivity contribution is -0.141. The van der Waals surface area contributed by atoms with Gasteiger partial charge in [-0.05, 0) is 63.4 Å². The first-order chi connectivity index (χ1) is 16.4. The van der Waals surface area contributed by atoms with E-state index < -0.39 is 17.7 Å². The number of Topliss-reactive ketones (excluding diaryl/α,β-unsaturated/α-hetero) is 1. The van der Waals surface area contributed by atoms with Gasteiger partial charge in [0.15, 0.2) is 0 Å². The van der Waals surface area contributed by atoms with Crippen molar-refractivity contribution in [3.63, 3.8) is 0 Å². The van der Waals surface area contributed by atoms with Gasteiger partial charge in [-0.3, -0.25) is 9.59 Å². The molecule has 2 aromatic carbocycles. The van der Waals surface area contributed by atoms with Gasteiger partial charge < -0.3 is 19.5 Å². The fourth-order valence-electron chi connectivity index (χ4n) is 4.97. The van der Waals surface area contributed by atoms with Crippen molar-refractivity contribution in [2.24, 2.45) is 0 Å². The molecule has 0 spiro atoms. The second kappa shape index (κ2) is 10.3. The standard InChI is InChI=1S/C28H33NO5/c1-4-33-22-15-13-19(14-16-22)25-24(26(30)20-9-8-12-23(17-20)34-18(2)3)27(31)28(32)29(25)21-10-6-5-7-11-21/h8-9,12-18,21,25,30H,4-7,10-11H2,1-3H3/b26-24-. The SMILES string of the molecule is CCOc1ccc(C2/C(=C(/O)c3cccc(OC(C)C)c3)C(=O)C(=O)N2C2CCCCC2)cc1. The molecule has 2 aromatic rings. The van der Waals surface area contributed by atoms with Gasteiger partial charge in [0, 0.05) is 11.6 Å². The van der Waals surface area contributed by atoms with E-state index in [1.165, 1.54) is 0 Å². The van der Waals surface area contributed by atoms with Crippen LogP contribution in [0.2, 0.25) is 0 Å². The van der Waals surface area contributed by atoms with Crippen LogP contribution in [0, 0.1) is 0 Å². The summed E-state index contributed by atoms with van der Waals surface area (Å²) in [5, 5.41) is 11.4. The maximum Gasteiger partial charge on any atom is 0.295 e. The molecule has 6 heteroatoms. The van der Waals surface area contributed by atoms with Crippen molar-refractivity contribution in [2.45, 2.75) is 71.1 Å². The summed E-state index contributed by atoms with van der Waals surface area (Å²) < 4.78 is 11.3. The highest BCUT2D eigenvalue weighted by Gasteiger charge is 2.48. The van der Waals surface area contributed by atoms with Crippen LogP contribution in [-0.2, 0) is 9.59 Å². The van der Waals surface area contributed by atoms with Crippen LogP contribution in [0.5, 0.6) is 11.5 Å². The monoisotopic (exact) mass is 463 g/mol. The number of carbonyl (C=O) groups is 2. The molecule has 6 nitrogen and oxygen atoms in total. The van der Waals surface area contributed by atoms with Crippen LogP contribution in [0.25, 0.3) is 5.76 Å². The number of hydrogen-bond donors (Lipinski definition) is 1. The van der Waals surface area contributed by atoms with Gasteiger partial charge in [0.25, 0.3) is 11.7 Å². The zero-order chi connectivity index (χ0) is 24.2. The number of likely N-dealkylation sites (tertiary alicyclic amines) is 1. The summed E-state index contributed by atoms with van der Waals surface area (Å²) in [6.45, 7) is 6.32. The van der Waals surface area contributed by atoms with Crippen LogP contribution in [0.15, 0.2) is 54.1 Å². The Bertz CT molecular complexity index is 1070. The Morgan fingerprint density at radius 3 is 2.38 bits per heavy atom. The van der Waals surface area contributed by atoms with Gasteiger partial charge in [-0.25, -0.2) is 0 Å². The Kier molecular flexibility index (Phi) is 7.25. The van der Waals surface area contributed by atoms with E-state index in [1.807, 2.05) is 45.0 Å². The summed E-state index contributed by atoms with van der Waals surface area (Å²) in [5.74, 6) is -0.0404. The van der Waals surface area contributed by atoms with Crippen LogP contribution in [-0.4, -0.2) is 40.4 Å². The van der Waals surface area contributed by atoms with Crippen molar-refractivity contribution in [1.29, 1.82) is 0 Å². The molecule has 1 N–H and O–H groups in total. The summed E-state index contributed by atoms with van der Waals surface area (Å²) in [6.07, 6.45) is 4.88. The lowest BCUT2D eigenvalue weighted by atomic mass is 9.91. The zero-order valence-corrected chi connectivity index (χ0v) is 20.1. The van der Waals surface area contributed by atoms with Crippen molar-refractivity contribution in [3.05, 3.63) is 65.2 Å². The van der Waals surface area contributed by atoms with E-state index in [9.17, 15) is 14.7 Å². The Balaban J connectivity index is 1.81. The number of benzene rings is 2. The van der Waals surface area contributed by atoms with E-state index >= 15 is 0 Å². The van der Waals surface area contributed by atoms with Crippen molar-refractivity contribution in [2.75, 3.05) is 6.61 Å². The summed E-state index contributed by atoms with van der Waals surface area (Å²) in [4.78, 5) is 28.3. The number of rotatable bonds is 7. The predicted octanol–water partition coefficient (Wildman–Crippen LogP) is 5.63. The van der Waals surface area contributed by atoms with E-state index in [-0.39, 0.29) is 23.5 Å². The zero-order valence-electron chi connectivity index (χ0n) is 20.1. The molecule has 180 valence electrons. The molecule has 1 aliphatic heterocycles. The highest BCUT2D eigenvalue weighted by Crippen LogP contribution is 2.43. The summed E-state index contributed by atoms with van der Waals surface area (Å²) in [6, 6.07) is 13.8. The third-order valence-electron chi connectivity index (χ3n) is 6.43. The number of hydrogen-bond acceptors (Lipinski definition) is 5. The molecule has 0 aromatic heterocycles. The average molecular weight is 464 g/mol. The molecular weight excluding hydrogens is 430 g/mol. The molecule has 4 rings (SSSR count). The molecule has 1 unspecified atom stereocenters. The fraction of sp³-hybridized carbons (Fsp3) is 0.429. The molecule has 1 aliphatic carbocycles. The normalized spacial score (nSPS) is 20.7. The number of ether oxygens (including phenoxy) is 2. The average Bonchev–Trinajstić information content (AvgIpc) is 3.10. The Morgan fingerprint density at radius 1 is 1.03 bits per heavy atom. The van der Waals surface area contributed by atoms with Crippen LogP contribution >= 0.6 is 0 Å². The van der Waals surface area contributed by atoms with Gasteiger partial charge in [-0.1, -0.05) is 43.5 Å². The quantitative estimate of drug-likeness (QED) is 0.327. The van der Waals surface area contributed by atoms with E-state index in [2.05, 4.69) is 0 Å². The molecule has 2 fully saturated rings. The van der Waals surface area contributed by atoms with Gasteiger partial charge in [-0.2, -0.15) is 0 Å². The highest BCUT2D eigenvalue weighted by molar-refractivity contribution is 6.46. The molecule has 2 aliphatic rings. The van der Waals surface area contributed by atoms with Gasteiger partial charge in [0.2, 0.25) is 0 Å². The third-order valence-corrected chi connectivity index (χ3v) is 6.43. The van der Waals surface area contributed by atoms with Crippen LogP contribution in [0.1, 0.15) is 70.0 Å². The second-order valence-corrected chi connectivity index (χ2v) is 9.19. The Labute approximate surface area is 201 Å². The van der Waals surface area contributed by atoms with Crippen molar-refractivity contribution < 1.29 is 24.2 Å². The number of amides is 1. The summed E-state index contributed by atoms with van der Waals surface area (Å²) in [7, 11) is 0. The minimum atomic E-state index is -0.645. The largest absolute Gasteiger partial charge is 0.507 e. The maximum atomic E-state index is 13.3. The maximum absolute atomic E-state index is 13.3. The number of carbonyl (C=O) groups excluding carboxylic acids is 2. The Morgan fingerprint density at radius 2 is 1.74 bits per heavy atom. The Hall–Kier alpha value is -3.28. The van der Waals surface area contributed by atoms with Crippen LogP contribution in [0.4, 0.5) is 0 Å². The fourth-order valence-corrected chi connectivity index (χ4v) is 4.97. The molecule has 1 saturated heterocycles. The van der Waals surface area contributed by atoms with Crippen LogP contribution < -0.4 is 9.47 Å². The minimum absolute atomic E-state index is 0.0253. The summed E-state index contributed by atoms with van der Waals surface area (Å²) >= 11 is 0. The highest BCUT2D eigenvalue weighted by atomic mass is 16.5. The van der Waals surface area contributed by atoms with E-state index in [4.69, 9.17) is 9.47 Å². The summed E-state index contributed by atoms with van der Waals surface area (Å²) in [5.41, 5.74) is 1.36. The lowest BCUT2D eigenvalue weighted by Crippen LogP contribution is -2.40. The number of ketones is 1. The molecule has 34 heavy (non-hydrogen) atoms. The molecule has 0 bridgehead atoms. The van der Waals surface area contributed by atoms with Gasteiger partial charge in [0.05, 0.1) is 24.3 Å². The molecule has 1 atom stereocenters. The van der Waals surface area contributed by atoms with Gasteiger partial charge in [-0.15, -0.1) is 0 Å². The van der Waals surface area contributed by atoms with E-state index in [1.54, 1.807) is 29.2 Å². The first-order valence-corrected chi connectivity index (χ1v) is 12.2. The van der Waals surface area contributed by atoms with Crippen LogP contribution in [0.3, 0.4) is 0 Å². The molecule has 1 heterocycles. The van der Waals surface area contributed by atoms with E-state index in [0.717, 1.165) is 43.4 Å². The van der Waals surface area contributed by atoms with Crippen molar-refractivity contribution >= 4 is 17.4 Å². The molecule has 1 saturated carbocycles. The topological polar surface area (TPSA) is 76.1 Å². The first kappa shape index (κ1) is 23.9. The smallest absolute Gasteiger partial charge is 0.295 e. The van der Waals surface area contributed by atoms with Crippen molar-refractivity contribution in [3.8, 4) is 11.5 Å². The number of nitrogens with zero attached hydrogens (tertiary/aromatic N) is 1. The third kappa shape index (κ3) is 4.81. The predicted molar refractivity (Wildman–Crippen MR) is 131 cm³/mol. The molecule has 1 amide bonds. The number of aliphatic hydroxyl groups excluding tert-OH is 1. The minimum Gasteiger partial charge on any atom is -0.507 e. The first-order valence-electron chi connectivity index (χ1n) is 12.2. The van der Waals surface area contributed by atoms with Gasteiger partial charge in [0.1, 0.15) is 17.3 Å². The van der Waals surface area contributed by atoms with E-state index in [0.29, 0.717) is 17.9 Å². The second-order valence-electron chi connectivity index (χ2n) is 9.19. The van der Waals surface area contributed by atoms with Gasteiger partial charge >= 0.3 is 0 Å². The number of aliphatic hydroxyl groups is 1. The molecular formula is C28H33NO5. The molecule has 0 radical (unpaired) electrons. The van der Waals surface area contributed by atoms with Crippen molar-refractivity contribution in [1.82, 2.24) is 4.90 Å².